The molecule has 0 bridgehead atoms. The lowest BCUT2D eigenvalue weighted by Gasteiger charge is -2.25. The largest absolute Gasteiger partial charge is 0.312 e. The first-order valence-electron chi connectivity index (χ1n) is 7.67. The number of fused-ring (bicyclic) bond motifs is 1. The Morgan fingerprint density at radius 2 is 1.85 bits per heavy atom. The van der Waals surface area contributed by atoms with Gasteiger partial charge < -0.3 is 5.32 Å². The summed E-state index contributed by atoms with van der Waals surface area (Å²) in [6, 6.07) is 17.6. The van der Waals surface area contributed by atoms with Crippen molar-refractivity contribution in [3.8, 4) is 0 Å². The van der Waals surface area contributed by atoms with Gasteiger partial charge in [0.15, 0.2) is 0 Å². The number of rotatable bonds is 4. The molecule has 0 aliphatic heterocycles. The van der Waals surface area contributed by atoms with Gasteiger partial charge in [-0.05, 0) is 54.4 Å². The highest BCUT2D eigenvalue weighted by Crippen LogP contribution is 2.30. The van der Waals surface area contributed by atoms with E-state index in [1.165, 1.54) is 30.4 Å². The third kappa shape index (κ3) is 2.94. The molecule has 104 valence electrons. The zero-order valence-electron chi connectivity index (χ0n) is 12.2. The van der Waals surface area contributed by atoms with E-state index in [2.05, 4.69) is 60.8 Å². The minimum atomic E-state index is 0.684. The average Bonchev–Trinajstić information content (AvgIpc) is 2.49. The summed E-state index contributed by atoms with van der Waals surface area (Å²) < 4.78 is 0. The van der Waals surface area contributed by atoms with Gasteiger partial charge in [0.05, 0.1) is 0 Å². The fourth-order valence-corrected chi connectivity index (χ4v) is 3.26. The van der Waals surface area contributed by atoms with E-state index in [-0.39, 0.29) is 0 Å². The first-order chi connectivity index (χ1) is 9.84. The second-order valence-electron chi connectivity index (χ2n) is 5.85. The molecule has 0 saturated carbocycles. The first-order valence-corrected chi connectivity index (χ1v) is 7.67. The van der Waals surface area contributed by atoms with Crippen molar-refractivity contribution >= 4 is 0 Å². The van der Waals surface area contributed by atoms with Gasteiger partial charge in [0.25, 0.3) is 0 Å². The Balaban J connectivity index is 1.61. The maximum absolute atomic E-state index is 3.65. The molecule has 1 unspecified atom stereocenters. The minimum Gasteiger partial charge on any atom is -0.312 e. The quantitative estimate of drug-likeness (QED) is 0.873. The molecule has 1 aliphatic rings. The van der Waals surface area contributed by atoms with E-state index in [1.807, 2.05) is 0 Å². The van der Waals surface area contributed by atoms with Crippen LogP contribution in [0.15, 0.2) is 48.5 Å². The molecule has 2 aromatic rings. The zero-order valence-corrected chi connectivity index (χ0v) is 12.2. The van der Waals surface area contributed by atoms with Crippen LogP contribution in [0.1, 0.15) is 41.0 Å². The summed E-state index contributed by atoms with van der Waals surface area (Å²) in [5.74, 6) is 0.684. The van der Waals surface area contributed by atoms with Gasteiger partial charge in [-0.3, -0.25) is 0 Å². The summed E-state index contributed by atoms with van der Waals surface area (Å²) in [6.07, 6.45) is 3.90. The van der Waals surface area contributed by atoms with E-state index in [9.17, 15) is 0 Å². The van der Waals surface area contributed by atoms with Crippen LogP contribution in [0, 0.1) is 6.92 Å². The summed E-state index contributed by atoms with van der Waals surface area (Å²) in [7, 11) is 0. The molecule has 0 amide bonds. The summed E-state index contributed by atoms with van der Waals surface area (Å²) in [5.41, 5.74) is 5.91. The van der Waals surface area contributed by atoms with Crippen LogP contribution in [0.25, 0.3) is 0 Å². The van der Waals surface area contributed by atoms with E-state index in [1.54, 1.807) is 11.1 Å². The van der Waals surface area contributed by atoms with Gasteiger partial charge in [0.1, 0.15) is 0 Å². The van der Waals surface area contributed by atoms with Gasteiger partial charge in [-0.25, -0.2) is 0 Å². The molecule has 1 N–H and O–H groups in total. The van der Waals surface area contributed by atoms with Crippen molar-refractivity contribution in [2.45, 2.75) is 38.6 Å². The summed E-state index contributed by atoms with van der Waals surface area (Å²) in [6.45, 7) is 4.25. The van der Waals surface area contributed by atoms with Gasteiger partial charge in [-0.2, -0.15) is 0 Å². The molecule has 0 aromatic heterocycles. The van der Waals surface area contributed by atoms with Crippen LogP contribution in [0.5, 0.6) is 0 Å². The van der Waals surface area contributed by atoms with E-state index >= 15 is 0 Å². The van der Waals surface area contributed by atoms with Crippen LogP contribution in [0.3, 0.4) is 0 Å². The van der Waals surface area contributed by atoms with Gasteiger partial charge in [-0.1, -0.05) is 48.5 Å². The highest BCUT2D eigenvalue weighted by Gasteiger charge is 2.19. The molecule has 1 heteroatoms. The average molecular weight is 265 g/mol. The fraction of sp³-hybridized carbons (Fsp3) is 0.368. The number of nitrogens with one attached hydrogen (secondary N) is 1. The molecule has 0 saturated heterocycles. The number of aryl methyl sites for hydroxylation is 2. The highest BCUT2D eigenvalue weighted by molar-refractivity contribution is 5.33. The van der Waals surface area contributed by atoms with Crippen LogP contribution in [-0.4, -0.2) is 6.54 Å². The Bertz CT molecular complexity index is 573. The van der Waals surface area contributed by atoms with Crippen LogP contribution in [0.4, 0.5) is 0 Å². The Morgan fingerprint density at radius 1 is 1.05 bits per heavy atom. The predicted molar refractivity (Wildman–Crippen MR) is 85.0 cm³/mol. The van der Waals surface area contributed by atoms with Crippen LogP contribution in [0.2, 0.25) is 0 Å². The lowest BCUT2D eigenvalue weighted by atomic mass is 9.83. The van der Waals surface area contributed by atoms with Crippen molar-refractivity contribution in [2.75, 3.05) is 6.54 Å². The maximum Gasteiger partial charge on any atom is 0.0208 e. The number of benzene rings is 2. The second kappa shape index (κ2) is 6.23. The van der Waals surface area contributed by atoms with Crippen molar-refractivity contribution in [3.63, 3.8) is 0 Å². The molecule has 1 nitrogen and oxygen atoms in total. The maximum atomic E-state index is 3.65. The Labute approximate surface area is 122 Å². The summed E-state index contributed by atoms with van der Waals surface area (Å²) in [5, 5.41) is 3.65. The molecule has 1 atom stereocenters. The molecule has 3 rings (SSSR count). The van der Waals surface area contributed by atoms with Crippen LogP contribution < -0.4 is 5.32 Å². The molecule has 1 aliphatic carbocycles. The molecule has 0 heterocycles. The van der Waals surface area contributed by atoms with Crippen LogP contribution in [-0.2, 0) is 13.0 Å². The number of hydrogen-bond donors (Lipinski definition) is 1. The van der Waals surface area contributed by atoms with Crippen LogP contribution >= 0.6 is 0 Å². The molecular formula is C19H23N. The van der Waals surface area contributed by atoms with Crippen molar-refractivity contribution in [2.24, 2.45) is 0 Å². The SMILES string of the molecule is Cc1ccccc1CNCC1CCCc2ccccc21. The van der Waals surface area contributed by atoms with E-state index in [0.29, 0.717) is 5.92 Å². The van der Waals surface area contributed by atoms with Gasteiger partial charge >= 0.3 is 0 Å². The normalized spacial score (nSPS) is 17.8. The Hall–Kier alpha value is -1.60. The molecule has 20 heavy (non-hydrogen) atoms. The van der Waals surface area contributed by atoms with Crippen molar-refractivity contribution in [1.82, 2.24) is 5.32 Å². The molecule has 0 radical (unpaired) electrons. The standard InChI is InChI=1S/C19H23N/c1-15-7-2-3-9-17(15)13-20-14-18-11-6-10-16-8-4-5-12-19(16)18/h2-5,7-9,12,18,20H,6,10-11,13-14H2,1H3. The van der Waals surface area contributed by atoms with Gasteiger partial charge in [0, 0.05) is 13.1 Å². The molecular weight excluding hydrogens is 242 g/mol. The highest BCUT2D eigenvalue weighted by atomic mass is 14.9. The lowest BCUT2D eigenvalue weighted by Crippen LogP contribution is -2.24. The smallest absolute Gasteiger partial charge is 0.0208 e. The lowest BCUT2D eigenvalue weighted by molar-refractivity contribution is 0.507. The second-order valence-corrected chi connectivity index (χ2v) is 5.85. The van der Waals surface area contributed by atoms with Crippen molar-refractivity contribution in [1.29, 1.82) is 0 Å². The van der Waals surface area contributed by atoms with Gasteiger partial charge in [-0.15, -0.1) is 0 Å². The predicted octanol–water partition coefficient (Wildman–Crippen LogP) is 4.20. The zero-order chi connectivity index (χ0) is 13.8. The van der Waals surface area contributed by atoms with Gasteiger partial charge in [0.2, 0.25) is 0 Å². The summed E-state index contributed by atoms with van der Waals surface area (Å²) >= 11 is 0. The minimum absolute atomic E-state index is 0.684. The molecule has 0 fully saturated rings. The third-order valence-electron chi connectivity index (χ3n) is 4.46. The van der Waals surface area contributed by atoms with Crippen molar-refractivity contribution < 1.29 is 0 Å². The topological polar surface area (TPSA) is 12.0 Å². The Morgan fingerprint density at radius 3 is 2.75 bits per heavy atom. The number of hydrogen-bond acceptors (Lipinski definition) is 1. The first kappa shape index (κ1) is 13.4. The monoisotopic (exact) mass is 265 g/mol. The fourth-order valence-electron chi connectivity index (χ4n) is 3.26. The third-order valence-corrected chi connectivity index (χ3v) is 4.46. The van der Waals surface area contributed by atoms with Crippen molar-refractivity contribution in [3.05, 3.63) is 70.8 Å². The van der Waals surface area contributed by atoms with E-state index in [4.69, 9.17) is 0 Å². The summed E-state index contributed by atoms with van der Waals surface area (Å²) in [4.78, 5) is 0. The molecule has 0 spiro atoms. The van der Waals surface area contributed by atoms with E-state index < -0.39 is 0 Å². The Kier molecular flexibility index (Phi) is 4.17. The molecule has 2 aromatic carbocycles. The van der Waals surface area contributed by atoms with E-state index in [0.717, 1.165) is 13.1 Å².